The third-order valence-corrected chi connectivity index (χ3v) is 7.28. The van der Waals surface area contributed by atoms with Gasteiger partial charge in [0.2, 0.25) is 5.95 Å². The molecule has 0 bridgehead atoms. The first-order valence-electron chi connectivity index (χ1n) is 12.8. The molecule has 4 aromatic carbocycles. The normalized spacial score (nSPS) is 11.0. The van der Waals surface area contributed by atoms with E-state index in [-0.39, 0.29) is 11.7 Å². The number of hydrogen-bond donors (Lipinski definition) is 3. The number of rotatable bonds is 7. The molecular weight excluding hydrogens is 583 g/mol. The molecule has 202 valence electrons. The maximum Gasteiger partial charge on any atom is 0.255 e. The molecule has 4 N–H and O–H groups in total. The Balaban J connectivity index is 1.23. The lowest BCUT2D eigenvalue weighted by Crippen LogP contribution is -2.12. The van der Waals surface area contributed by atoms with Crippen LogP contribution in [0.1, 0.15) is 15.9 Å². The highest BCUT2D eigenvalue weighted by Crippen LogP contribution is 2.30. The smallest absolute Gasteiger partial charge is 0.255 e. The molecular formula is C32H24BrFN6O. The molecule has 0 aliphatic heterocycles. The van der Waals surface area contributed by atoms with E-state index in [0.29, 0.717) is 23.7 Å². The van der Waals surface area contributed by atoms with Gasteiger partial charge in [0.15, 0.2) is 0 Å². The monoisotopic (exact) mass is 606 g/mol. The molecule has 2 aromatic heterocycles. The Morgan fingerprint density at radius 3 is 2.10 bits per heavy atom. The Bertz CT molecular complexity index is 1830. The van der Waals surface area contributed by atoms with Crippen LogP contribution in [0.25, 0.3) is 27.9 Å². The molecule has 41 heavy (non-hydrogen) atoms. The zero-order valence-corrected chi connectivity index (χ0v) is 23.3. The summed E-state index contributed by atoms with van der Waals surface area (Å²) in [6, 6.07) is 30.9. The van der Waals surface area contributed by atoms with Gasteiger partial charge in [-0.25, -0.2) is 9.37 Å². The van der Waals surface area contributed by atoms with Crippen molar-refractivity contribution in [2.45, 2.75) is 6.54 Å². The molecule has 0 fully saturated rings. The number of nitrogens with zero attached hydrogens (tertiary/aromatic N) is 3. The molecule has 7 nitrogen and oxygen atoms in total. The fourth-order valence-corrected chi connectivity index (χ4v) is 4.80. The van der Waals surface area contributed by atoms with Crippen molar-refractivity contribution < 1.29 is 9.18 Å². The second-order valence-electron chi connectivity index (χ2n) is 9.40. The van der Waals surface area contributed by atoms with E-state index in [0.717, 1.165) is 43.6 Å². The number of benzene rings is 4. The minimum atomic E-state index is -0.262. The van der Waals surface area contributed by atoms with Crippen molar-refractivity contribution in [3.63, 3.8) is 0 Å². The molecule has 6 rings (SSSR count). The fraction of sp³-hybridized carbons (Fsp3) is 0.0312. The number of hydrogen-bond acceptors (Lipinski definition) is 5. The summed E-state index contributed by atoms with van der Waals surface area (Å²) in [5, 5.41) is 10.7. The van der Waals surface area contributed by atoms with E-state index < -0.39 is 0 Å². The van der Waals surface area contributed by atoms with E-state index in [1.165, 1.54) is 12.1 Å². The Morgan fingerprint density at radius 1 is 0.829 bits per heavy atom. The molecule has 6 aromatic rings. The lowest BCUT2D eigenvalue weighted by atomic mass is 10.0. The van der Waals surface area contributed by atoms with Gasteiger partial charge < -0.3 is 16.4 Å². The van der Waals surface area contributed by atoms with Crippen LogP contribution in [0.2, 0.25) is 0 Å². The van der Waals surface area contributed by atoms with Gasteiger partial charge in [0.25, 0.3) is 5.91 Å². The van der Waals surface area contributed by atoms with Crippen LogP contribution in [0.5, 0.6) is 0 Å². The average Bonchev–Trinajstić information content (AvgIpc) is 3.39. The Hall–Kier alpha value is -4.86. The predicted octanol–water partition coefficient (Wildman–Crippen LogP) is 7.42. The third kappa shape index (κ3) is 5.72. The van der Waals surface area contributed by atoms with Gasteiger partial charge in [-0.1, -0.05) is 48.5 Å². The van der Waals surface area contributed by atoms with Crippen LogP contribution in [0.4, 0.5) is 21.7 Å². The molecule has 1 amide bonds. The van der Waals surface area contributed by atoms with Crippen LogP contribution >= 0.6 is 15.9 Å². The lowest BCUT2D eigenvalue weighted by molar-refractivity contribution is 0.102. The van der Waals surface area contributed by atoms with E-state index >= 15 is 0 Å². The van der Waals surface area contributed by atoms with Gasteiger partial charge in [-0.2, -0.15) is 9.61 Å². The fourth-order valence-electron chi connectivity index (χ4n) is 4.43. The van der Waals surface area contributed by atoms with Gasteiger partial charge in [-0.15, -0.1) is 0 Å². The van der Waals surface area contributed by atoms with Crippen LogP contribution in [0.3, 0.4) is 0 Å². The Morgan fingerprint density at radius 2 is 1.44 bits per heavy atom. The molecule has 0 atom stereocenters. The second-order valence-corrected chi connectivity index (χ2v) is 10.3. The molecule has 0 saturated carbocycles. The first kappa shape index (κ1) is 26.4. The SMILES string of the molecule is NCc1ccc(C(=O)Nc2ccc(Nc3nc(-c4ccc(-c5ccc(F)cc5)cc4)cc4c(Br)cnn34)cc2)cc1. The van der Waals surface area contributed by atoms with E-state index in [1.54, 1.807) is 35.0 Å². The first-order valence-corrected chi connectivity index (χ1v) is 13.6. The number of aromatic nitrogens is 3. The van der Waals surface area contributed by atoms with Crippen molar-refractivity contribution >= 4 is 44.7 Å². The van der Waals surface area contributed by atoms with Gasteiger partial charge in [0, 0.05) is 29.0 Å². The summed E-state index contributed by atoms with van der Waals surface area (Å²) < 4.78 is 15.9. The minimum absolute atomic E-state index is 0.197. The summed E-state index contributed by atoms with van der Waals surface area (Å²) in [5.41, 5.74) is 13.1. The number of halogens is 2. The topological polar surface area (TPSA) is 97.3 Å². The number of nitrogens with one attached hydrogen (secondary N) is 2. The van der Waals surface area contributed by atoms with Gasteiger partial charge in [0.05, 0.1) is 21.9 Å². The Kier molecular flexibility index (Phi) is 7.28. The standard InChI is InChI=1S/C32H24BrFN6O/c33-28-19-36-40-30(28)17-29(23-7-5-21(6-8-23)22-9-11-25(34)12-10-22)39-32(40)38-27-15-13-26(14-16-27)37-31(41)24-3-1-20(18-35)2-4-24/h1-17,19H,18,35H2,(H,37,41)(H,38,39). The molecule has 2 heterocycles. The minimum Gasteiger partial charge on any atom is -0.326 e. The first-order chi connectivity index (χ1) is 20.0. The molecule has 0 aliphatic carbocycles. The van der Waals surface area contributed by atoms with Crippen molar-refractivity contribution in [1.82, 2.24) is 14.6 Å². The van der Waals surface area contributed by atoms with Crippen LogP contribution < -0.4 is 16.4 Å². The van der Waals surface area contributed by atoms with Crippen molar-refractivity contribution in [1.29, 1.82) is 0 Å². The zero-order valence-electron chi connectivity index (χ0n) is 21.7. The number of carbonyl (C=O) groups is 1. The third-order valence-electron chi connectivity index (χ3n) is 6.67. The molecule has 0 radical (unpaired) electrons. The van der Waals surface area contributed by atoms with Gasteiger partial charge >= 0.3 is 0 Å². The zero-order chi connectivity index (χ0) is 28.3. The number of carbonyl (C=O) groups excluding carboxylic acids is 1. The summed E-state index contributed by atoms with van der Waals surface area (Å²) >= 11 is 3.58. The van der Waals surface area contributed by atoms with Gasteiger partial charge in [0.1, 0.15) is 5.82 Å². The van der Waals surface area contributed by atoms with Gasteiger partial charge in [-0.05, 0) is 87.2 Å². The summed E-state index contributed by atoms with van der Waals surface area (Å²) in [6.07, 6.45) is 1.72. The number of fused-ring (bicyclic) bond motifs is 1. The van der Waals surface area contributed by atoms with Crippen molar-refractivity contribution in [2.24, 2.45) is 5.73 Å². The lowest BCUT2D eigenvalue weighted by Gasteiger charge is -2.12. The summed E-state index contributed by atoms with van der Waals surface area (Å²) in [6.45, 7) is 0.430. The van der Waals surface area contributed by atoms with Crippen LogP contribution in [0, 0.1) is 5.82 Å². The molecule has 0 aliphatic rings. The summed E-state index contributed by atoms with van der Waals surface area (Å²) in [5.74, 6) is 0.0716. The largest absolute Gasteiger partial charge is 0.326 e. The maximum atomic E-state index is 13.3. The van der Waals surface area contributed by atoms with Crippen molar-refractivity contribution in [3.8, 4) is 22.4 Å². The predicted molar refractivity (Wildman–Crippen MR) is 164 cm³/mol. The van der Waals surface area contributed by atoms with E-state index in [9.17, 15) is 9.18 Å². The Labute approximate surface area is 244 Å². The van der Waals surface area contributed by atoms with Crippen LogP contribution in [-0.2, 0) is 6.54 Å². The molecule has 9 heteroatoms. The van der Waals surface area contributed by atoms with E-state index in [2.05, 4.69) is 31.7 Å². The van der Waals surface area contributed by atoms with Crippen molar-refractivity contribution in [2.75, 3.05) is 10.6 Å². The summed E-state index contributed by atoms with van der Waals surface area (Å²) in [7, 11) is 0. The molecule has 0 spiro atoms. The van der Waals surface area contributed by atoms with Gasteiger partial charge in [-0.3, -0.25) is 4.79 Å². The molecule has 0 unspecified atom stereocenters. The highest BCUT2D eigenvalue weighted by atomic mass is 79.9. The van der Waals surface area contributed by atoms with Crippen LogP contribution in [-0.4, -0.2) is 20.5 Å². The molecule has 0 saturated heterocycles. The number of anilines is 3. The number of nitrogens with two attached hydrogens (primary N) is 1. The second kappa shape index (κ2) is 11.3. The maximum absolute atomic E-state index is 13.3. The van der Waals surface area contributed by atoms with Crippen molar-refractivity contribution in [3.05, 3.63) is 131 Å². The average molecular weight is 607 g/mol. The van der Waals surface area contributed by atoms with E-state index in [1.807, 2.05) is 66.7 Å². The highest BCUT2D eigenvalue weighted by Gasteiger charge is 2.13. The number of amides is 1. The van der Waals surface area contributed by atoms with E-state index in [4.69, 9.17) is 10.7 Å². The summed E-state index contributed by atoms with van der Waals surface area (Å²) in [4.78, 5) is 17.5. The highest BCUT2D eigenvalue weighted by molar-refractivity contribution is 9.10. The van der Waals surface area contributed by atoms with Crippen LogP contribution in [0.15, 0.2) is 114 Å². The quantitative estimate of drug-likeness (QED) is 0.176.